The second-order valence-corrected chi connectivity index (χ2v) is 3.76. The van der Waals surface area contributed by atoms with Gasteiger partial charge < -0.3 is 15.2 Å². The van der Waals surface area contributed by atoms with Gasteiger partial charge in [0.05, 0.1) is 18.4 Å². The van der Waals surface area contributed by atoms with E-state index in [1.54, 1.807) is 24.3 Å². The SMILES string of the molecule is COC(=O)c1ccccc1Nc1cc(C(=O)O)ncn1. The molecule has 20 heavy (non-hydrogen) atoms. The van der Waals surface area contributed by atoms with Crippen LogP contribution in [-0.2, 0) is 4.74 Å². The van der Waals surface area contributed by atoms with Crippen molar-refractivity contribution in [1.29, 1.82) is 0 Å². The van der Waals surface area contributed by atoms with E-state index in [2.05, 4.69) is 20.0 Å². The summed E-state index contributed by atoms with van der Waals surface area (Å²) in [5, 5.41) is 11.7. The molecule has 0 unspecified atom stereocenters. The highest BCUT2D eigenvalue weighted by Gasteiger charge is 2.12. The standard InChI is InChI=1S/C13H11N3O4/c1-20-13(19)8-4-2-3-5-9(8)16-11-6-10(12(17)18)14-7-15-11/h2-7H,1H3,(H,17,18)(H,14,15,16). The first-order valence-electron chi connectivity index (χ1n) is 5.61. The number of hydrogen-bond donors (Lipinski definition) is 2. The average Bonchev–Trinajstić information content (AvgIpc) is 2.47. The summed E-state index contributed by atoms with van der Waals surface area (Å²) in [4.78, 5) is 30.0. The number of anilines is 2. The molecule has 2 aromatic rings. The molecule has 0 atom stereocenters. The third kappa shape index (κ3) is 2.89. The Bertz CT molecular complexity index is 658. The number of esters is 1. The Hall–Kier alpha value is -2.96. The third-order valence-electron chi connectivity index (χ3n) is 2.48. The van der Waals surface area contributed by atoms with Crippen LogP contribution in [0.3, 0.4) is 0 Å². The van der Waals surface area contributed by atoms with E-state index in [1.807, 2.05) is 0 Å². The summed E-state index contributed by atoms with van der Waals surface area (Å²) in [7, 11) is 1.28. The zero-order chi connectivity index (χ0) is 14.5. The molecule has 2 rings (SSSR count). The molecule has 0 fully saturated rings. The highest BCUT2D eigenvalue weighted by atomic mass is 16.5. The van der Waals surface area contributed by atoms with Crippen LogP contribution < -0.4 is 5.32 Å². The number of carboxylic acid groups (broad SMARTS) is 1. The number of carboxylic acids is 1. The van der Waals surface area contributed by atoms with Gasteiger partial charge in [0.25, 0.3) is 0 Å². The van der Waals surface area contributed by atoms with Crippen molar-refractivity contribution in [3.8, 4) is 0 Å². The van der Waals surface area contributed by atoms with Gasteiger partial charge in [0.1, 0.15) is 12.1 Å². The van der Waals surface area contributed by atoms with Crippen molar-refractivity contribution in [2.45, 2.75) is 0 Å². The molecular formula is C13H11N3O4. The van der Waals surface area contributed by atoms with Crippen molar-refractivity contribution in [1.82, 2.24) is 9.97 Å². The number of hydrogen-bond acceptors (Lipinski definition) is 6. The van der Waals surface area contributed by atoms with Gasteiger partial charge >= 0.3 is 11.9 Å². The minimum atomic E-state index is -1.16. The molecule has 1 heterocycles. The molecule has 0 bridgehead atoms. The number of aromatic nitrogens is 2. The van der Waals surface area contributed by atoms with Crippen molar-refractivity contribution >= 4 is 23.4 Å². The summed E-state index contributed by atoms with van der Waals surface area (Å²) < 4.78 is 4.67. The molecule has 1 aromatic carbocycles. The quantitative estimate of drug-likeness (QED) is 0.817. The number of nitrogens with one attached hydrogen (secondary N) is 1. The number of para-hydroxylation sites is 1. The smallest absolute Gasteiger partial charge is 0.354 e. The molecule has 0 saturated carbocycles. The lowest BCUT2D eigenvalue weighted by Gasteiger charge is -2.09. The zero-order valence-electron chi connectivity index (χ0n) is 10.5. The maximum Gasteiger partial charge on any atom is 0.354 e. The van der Waals surface area contributed by atoms with Crippen LogP contribution in [0.1, 0.15) is 20.8 Å². The lowest BCUT2D eigenvalue weighted by molar-refractivity contribution is 0.0601. The predicted octanol–water partition coefficient (Wildman–Crippen LogP) is 1.70. The van der Waals surface area contributed by atoms with E-state index in [0.717, 1.165) is 6.33 Å². The van der Waals surface area contributed by atoms with Crippen molar-refractivity contribution in [2.24, 2.45) is 0 Å². The van der Waals surface area contributed by atoms with Crippen LogP contribution in [0.4, 0.5) is 11.5 Å². The molecule has 0 aliphatic heterocycles. The lowest BCUT2D eigenvalue weighted by atomic mass is 10.2. The number of nitrogens with zero attached hydrogens (tertiary/aromatic N) is 2. The predicted molar refractivity (Wildman–Crippen MR) is 70.1 cm³/mol. The first-order valence-corrected chi connectivity index (χ1v) is 5.61. The maximum absolute atomic E-state index is 11.6. The Balaban J connectivity index is 2.33. The van der Waals surface area contributed by atoms with E-state index in [4.69, 9.17) is 5.11 Å². The topological polar surface area (TPSA) is 101 Å². The van der Waals surface area contributed by atoms with Crippen LogP contribution in [0.25, 0.3) is 0 Å². The summed E-state index contributed by atoms with van der Waals surface area (Å²) >= 11 is 0. The molecule has 0 radical (unpaired) electrons. The van der Waals surface area contributed by atoms with Crippen molar-refractivity contribution in [3.05, 3.63) is 47.9 Å². The fraction of sp³-hybridized carbons (Fsp3) is 0.0769. The van der Waals surface area contributed by atoms with Gasteiger partial charge in [-0.3, -0.25) is 0 Å². The van der Waals surface area contributed by atoms with Crippen molar-refractivity contribution in [3.63, 3.8) is 0 Å². The highest BCUT2D eigenvalue weighted by Crippen LogP contribution is 2.20. The molecule has 7 nitrogen and oxygen atoms in total. The van der Waals surface area contributed by atoms with Crippen LogP contribution in [0.2, 0.25) is 0 Å². The normalized spacial score (nSPS) is 9.85. The molecule has 2 N–H and O–H groups in total. The number of aromatic carboxylic acids is 1. The lowest BCUT2D eigenvalue weighted by Crippen LogP contribution is -2.07. The fourth-order valence-corrected chi connectivity index (χ4v) is 1.56. The number of methoxy groups -OCH3 is 1. The average molecular weight is 273 g/mol. The molecule has 7 heteroatoms. The van der Waals surface area contributed by atoms with Crippen LogP contribution >= 0.6 is 0 Å². The first kappa shape index (κ1) is 13.5. The molecule has 102 valence electrons. The zero-order valence-corrected chi connectivity index (χ0v) is 10.5. The second-order valence-electron chi connectivity index (χ2n) is 3.76. The summed E-state index contributed by atoms with van der Waals surface area (Å²) in [6.07, 6.45) is 1.13. The first-order chi connectivity index (χ1) is 9.61. The summed E-state index contributed by atoms with van der Waals surface area (Å²) in [5.41, 5.74) is 0.651. The van der Waals surface area contributed by atoms with Gasteiger partial charge in [-0.2, -0.15) is 0 Å². The Morgan fingerprint density at radius 3 is 2.70 bits per heavy atom. The number of carbonyl (C=O) groups excluding carboxylic acids is 1. The number of carbonyl (C=O) groups is 2. The molecule has 0 amide bonds. The molecule has 0 aliphatic carbocycles. The van der Waals surface area contributed by atoms with Gasteiger partial charge in [0.15, 0.2) is 5.69 Å². The number of rotatable bonds is 4. The minimum absolute atomic E-state index is 0.141. The monoisotopic (exact) mass is 273 g/mol. The van der Waals surface area contributed by atoms with Crippen LogP contribution in [-0.4, -0.2) is 34.1 Å². The second kappa shape index (κ2) is 5.79. The van der Waals surface area contributed by atoms with Crippen LogP contribution in [0.5, 0.6) is 0 Å². The van der Waals surface area contributed by atoms with Gasteiger partial charge in [-0.25, -0.2) is 19.6 Å². The third-order valence-corrected chi connectivity index (χ3v) is 2.48. The van der Waals surface area contributed by atoms with Gasteiger partial charge in [-0.05, 0) is 12.1 Å². The number of benzene rings is 1. The highest BCUT2D eigenvalue weighted by molar-refractivity contribution is 5.96. The maximum atomic E-state index is 11.6. The summed E-state index contributed by atoms with van der Waals surface area (Å²) in [5.74, 6) is -1.38. The largest absolute Gasteiger partial charge is 0.477 e. The Kier molecular flexibility index (Phi) is 3.90. The fourth-order valence-electron chi connectivity index (χ4n) is 1.56. The molecule has 0 saturated heterocycles. The Morgan fingerprint density at radius 2 is 2.00 bits per heavy atom. The summed E-state index contributed by atoms with van der Waals surface area (Å²) in [6.45, 7) is 0. The Morgan fingerprint density at radius 1 is 1.25 bits per heavy atom. The van der Waals surface area contributed by atoms with E-state index in [1.165, 1.54) is 13.2 Å². The van der Waals surface area contributed by atoms with E-state index < -0.39 is 11.9 Å². The minimum Gasteiger partial charge on any atom is -0.477 e. The van der Waals surface area contributed by atoms with Crippen LogP contribution in [0.15, 0.2) is 36.7 Å². The van der Waals surface area contributed by atoms with E-state index in [-0.39, 0.29) is 11.5 Å². The number of ether oxygens (including phenoxy) is 1. The van der Waals surface area contributed by atoms with Gasteiger partial charge in [0, 0.05) is 6.07 Å². The van der Waals surface area contributed by atoms with E-state index in [0.29, 0.717) is 11.3 Å². The van der Waals surface area contributed by atoms with Gasteiger partial charge in [-0.1, -0.05) is 12.1 Å². The van der Waals surface area contributed by atoms with Crippen LogP contribution in [0, 0.1) is 0 Å². The summed E-state index contributed by atoms with van der Waals surface area (Å²) in [6, 6.07) is 7.95. The van der Waals surface area contributed by atoms with E-state index in [9.17, 15) is 9.59 Å². The van der Waals surface area contributed by atoms with Crippen molar-refractivity contribution < 1.29 is 19.4 Å². The van der Waals surface area contributed by atoms with Gasteiger partial charge in [-0.15, -0.1) is 0 Å². The van der Waals surface area contributed by atoms with Gasteiger partial charge in [0.2, 0.25) is 0 Å². The Labute approximate surface area is 114 Å². The molecule has 0 spiro atoms. The molecular weight excluding hydrogens is 262 g/mol. The molecule has 0 aliphatic rings. The van der Waals surface area contributed by atoms with E-state index >= 15 is 0 Å². The molecule has 1 aromatic heterocycles. The van der Waals surface area contributed by atoms with Crippen molar-refractivity contribution in [2.75, 3.05) is 12.4 Å².